The third-order valence-corrected chi connectivity index (χ3v) is 2.48. The molecular weight excluding hydrogens is 215 g/mol. The van der Waals surface area contributed by atoms with Crippen molar-refractivity contribution in [2.45, 2.75) is 12.7 Å². The van der Waals surface area contributed by atoms with E-state index in [1.54, 1.807) is 7.11 Å². The van der Waals surface area contributed by atoms with Crippen LogP contribution < -0.4 is 23.6 Å². The van der Waals surface area contributed by atoms with Gasteiger partial charge in [0.2, 0.25) is 0 Å². The summed E-state index contributed by atoms with van der Waals surface area (Å²) in [6, 6.07) is 8.56. The molecule has 0 radical (unpaired) electrons. The van der Waals surface area contributed by atoms with Gasteiger partial charge in [-0.3, -0.25) is 0 Å². The van der Waals surface area contributed by atoms with Gasteiger partial charge in [0.1, 0.15) is 5.79 Å². The second-order valence-electron chi connectivity index (χ2n) is 3.64. The summed E-state index contributed by atoms with van der Waals surface area (Å²) < 4.78 is 21.1. The molecule has 0 unspecified atom stereocenters. The summed E-state index contributed by atoms with van der Waals surface area (Å²) in [4.78, 5) is 0. The van der Waals surface area contributed by atoms with Crippen molar-refractivity contribution < 1.29 is 37.8 Å². The van der Waals surface area contributed by atoms with Crippen LogP contribution in [0.25, 0.3) is 0 Å². The molecule has 0 spiro atoms. The van der Waals surface area contributed by atoms with Crippen molar-refractivity contribution >= 4 is 0 Å². The van der Waals surface area contributed by atoms with Crippen LogP contribution in [-0.4, -0.2) is 27.1 Å². The van der Waals surface area contributed by atoms with Gasteiger partial charge in [0.05, 0.1) is 13.2 Å². The smallest absolute Gasteiger partial charge is 0.493 e. The molecule has 0 aromatic heterocycles. The van der Waals surface area contributed by atoms with Crippen LogP contribution in [-0.2, 0) is 20.0 Å². The standard InChI is InChI=1S/C12H15O4.Li/c1-12(15-7-8-16-12)10-3-5-11(6-4-10)14-9-13-2;/h3-5H,7-9H2,1-2H3;/q-1;+1. The number of ether oxygens (including phenoxy) is 4. The van der Waals surface area contributed by atoms with E-state index >= 15 is 0 Å². The summed E-state index contributed by atoms with van der Waals surface area (Å²) in [5, 5.41) is 0. The zero-order valence-corrected chi connectivity index (χ0v) is 10.5. The van der Waals surface area contributed by atoms with E-state index in [2.05, 4.69) is 6.07 Å². The van der Waals surface area contributed by atoms with Crippen LogP contribution in [0, 0.1) is 6.07 Å². The third kappa shape index (κ3) is 3.48. The van der Waals surface area contributed by atoms with Crippen molar-refractivity contribution in [3.63, 3.8) is 0 Å². The molecule has 1 aliphatic rings. The summed E-state index contributed by atoms with van der Waals surface area (Å²) in [7, 11) is 1.58. The first-order valence-electron chi connectivity index (χ1n) is 5.16. The number of methoxy groups -OCH3 is 1. The van der Waals surface area contributed by atoms with Crippen LogP contribution in [0.5, 0.6) is 5.75 Å². The first-order valence-corrected chi connectivity index (χ1v) is 5.16. The summed E-state index contributed by atoms with van der Waals surface area (Å²) in [5.74, 6) is 0.00298. The summed E-state index contributed by atoms with van der Waals surface area (Å²) >= 11 is 0. The second-order valence-corrected chi connectivity index (χ2v) is 3.64. The van der Waals surface area contributed by atoms with Gasteiger partial charge in [-0.25, -0.2) is 0 Å². The molecule has 1 aliphatic heterocycles. The van der Waals surface area contributed by atoms with Gasteiger partial charge in [-0.1, -0.05) is 5.56 Å². The van der Waals surface area contributed by atoms with Crippen molar-refractivity contribution in [1.82, 2.24) is 0 Å². The van der Waals surface area contributed by atoms with Crippen LogP contribution in [0.4, 0.5) is 0 Å². The predicted molar refractivity (Wildman–Crippen MR) is 57.0 cm³/mol. The molecule has 0 aliphatic carbocycles. The van der Waals surface area contributed by atoms with Gasteiger partial charge < -0.3 is 18.9 Å². The zero-order chi connectivity index (χ0) is 11.4. The fourth-order valence-corrected chi connectivity index (χ4v) is 1.59. The Bertz CT molecular complexity index is 333. The van der Waals surface area contributed by atoms with Gasteiger partial charge in [-0.2, -0.15) is 12.1 Å². The fourth-order valence-electron chi connectivity index (χ4n) is 1.59. The second kappa shape index (κ2) is 6.44. The normalized spacial score (nSPS) is 17.5. The van der Waals surface area contributed by atoms with Gasteiger partial charge in [-0.15, -0.1) is 12.1 Å². The Labute approximate surface area is 113 Å². The molecule has 88 valence electrons. The molecule has 1 aromatic carbocycles. The maximum Gasteiger partial charge on any atom is 1.00 e. The first-order chi connectivity index (χ1) is 7.74. The van der Waals surface area contributed by atoms with Crippen LogP contribution in [0.1, 0.15) is 12.5 Å². The van der Waals surface area contributed by atoms with E-state index in [1.165, 1.54) is 0 Å². The predicted octanol–water partition coefficient (Wildman–Crippen LogP) is -1.31. The Balaban J connectivity index is 0.00000144. The first kappa shape index (κ1) is 14.6. The number of hydrogen-bond donors (Lipinski definition) is 0. The molecule has 17 heavy (non-hydrogen) atoms. The maximum absolute atomic E-state index is 5.54. The molecule has 0 saturated carbocycles. The van der Waals surface area contributed by atoms with E-state index in [4.69, 9.17) is 18.9 Å². The van der Waals surface area contributed by atoms with Crippen LogP contribution in [0.2, 0.25) is 0 Å². The molecule has 1 saturated heterocycles. The molecular formula is C12H15LiO4. The Hall–Kier alpha value is -0.503. The maximum atomic E-state index is 5.54. The fraction of sp³-hybridized carbons (Fsp3) is 0.500. The van der Waals surface area contributed by atoms with Crippen LogP contribution >= 0.6 is 0 Å². The Kier molecular flexibility index (Phi) is 5.51. The molecule has 5 heteroatoms. The summed E-state index contributed by atoms with van der Waals surface area (Å²) in [5.41, 5.74) is 0.940. The Morgan fingerprint density at radius 1 is 1.35 bits per heavy atom. The van der Waals surface area contributed by atoms with E-state index < -0.39 is 5.79 Å². The van der Waals surface area contributed by atoms with Gasteiger partial charge in [0.15, 0.2) is 6.79 Å². The van der Waals surface area contributed by atoms with Crippen molar-refractivity contribution in [3.05, 3.63) is 29.8 Å². The summed E-state index contributed by atoms with van der Waals surface area (Å²) in [6.07, 6.45) is 0. The largest absolute Gasteiger partial charge is 1.00 e. The van der Waals surface area contributed by atoms with E-state index in [9.17, 15) is 0 Å². The quantitative estimate of drug-likeness (QED) is 0.366. The molecule has 2 rings (SSSR count). The molecule has 0 bridgehead atoms. The molecule has 0 amide bonds. The number of hydrogen-bond acceptors (Lipinski definition) is 4. The number of benzene rings is 1. The van der Waals surface area contributed by atoms with Crippen molar-refractivity contribution in [3.8, 4) is 5.75 Å². The van der Waals surface area contributed by atoms with E-state index in [0.29, 0.717) is 19.0 Å². The average Bonchev–Trinajstić information content (AvgIpc) is 2.75. The van der Waals surface area contributed by atoms with Crippen molar-refractivity contribution in [1.29, 1.82) is 0 Å². The number of rotatable bonds is 4. The molecule has 0 atom stereocenters. The Morgan fingerprint density at radius 2 is 2.06 bits per heavy atom. The molecule has 1 aromatic rings. The van der Waals surface area contributed by atoms with Crippen molar-refractivity contribution in [2.24, 2.45) is 0 Å². The zero-order valence-electron chi connectivity index (χ0n) is 10.5. The van der Waals surface area contributed by atoms with Gasteiger partial charge in [0.25, 0.3) is 0 Å². The minimum atomic E-state index is -0.643. The monoisotopic (exact) mass is 230 g/mol. The van der Waals surface area contributed by atoms with Crippen LogP contribution in [0.3, 0.4) is 0 Å². The van der Waals surface area contributed by atoms with Crippen molar-refractivity contribution in [2.75, 3.05) is 27.1 Å². The molecule has 1 fully saturated rings. The van der Waals surface area contributed by atoms with E-state index in [1.807, 2.05) is 25.1 Å². The van der Waals surface area contributed by atoms with Crippen LogP contribution in [0.15, 0.2) is 18.2 Å². The summed E-state index contributed by atoms with van der Waals surface area (Å²) in [6.45, 7) is 3.37. The topological polar surface area (TPSA) is 36.9 Å². The molecule has 0 N–H and O–H groups in total. The SMILES string of the molecule is COCOc1[c-]cc(C2(C)OCCO2)cc1.[Li+]. The molecule has 4 nitrogen and oxygen atoms in total. The van der Waals surface area contributed by atoms with E-state index in [-0.39, 0.29) is 25.7 Å². The van der Waals surface area contributed by atoms with Gasteiger partial charge in [-0.05, 0) is 6.92 Å². The van der Waals surface area contributed by atoms with Gasteiger partial charge in [0, 0.05) is 12.9 Å². The average molecular weight is 230 g/mol. The molecule has 1 heterocycles. The van der Waals surface area contributed by atoms with E-state index in [0.717, 1.165) is 5.56 Å². The Morgan fingerprint density at radius 3 is 2.59 bits per heavy atom. The minimum absolute atomic E-state index is 0. The minimum Gasteiger partial charge on any atom is -0.493 e. The third-order valence-electron chi connectivity index (χ3n) is 2.48. The van der Waals surface area contributed by atoms with Gasteiger partial charge >= 0.3 is 18.9 Å².